The van der Waals surface area contributed by atoms with E-state index in [0.29, 0.717) is 5.56 Å². The van der Waals surface area contributed by atoms with Crippen LogP contribution in [-0.2, 0) is 0 Å². The number of benzene rings is 2. The van der Waals surface area contributed by atoms with E-state index in [9.17, 15) is 14.9 Å². The standard InChI is InChI=1S/C13H9NO3Se/c15-13(18-12-4-2-1-3-5-12)10-6-8-11(9-7-10)14(16)17/h1-9H. The van der Waals surface area contributed by atoms with Gasteiger partial charge in [0.2, 0.25) is 0 Å². The van der Waals surface area contributed by atoms with Gasteiger partial charge >= 0.3 is 110 Å². The molecular weight excluding hydrogens is 297 g/mol. The summed E-state index contributed by atoms with van der Waals surface area (Å²) in [7, 11) is 0. The maximum absolute atomic E-state index is 12.0. The van der Waals surface area contributed by atoms with Crippen molar-refractivity contribution in [2.45, 2.75) is 0 Å². The Morgan fingerprint density at radius 3 is 2.17 bits per heavy atom. The summed E-state index contributed by atoms with van der Waals surface area (Å²) in [6.45, 7) is 0. The molecule has 0 radical (unpaired) electrons. The summed E-state index contributed by atoms with van der Waals surface area (Å²) in [5, 5.41) is 10.5. The first kappa shape index (κ1) is 12.5. The van der Waals surface area contributed by atoms with Gasteiger partial charge in [0.25, 0.3) is 0 Å². The van der Waals surface area contributed by atoms with Crippen LogP contribution in [0.3, 0.4) is 0 Å². The van der Waals surface area contributed by atoms with Crippen molar-refractivity contribution in [1.29, 1.82) is 0 Å². The number of nitro groups is 1. The summed E-state index contributed by atoms with van der Waals surface area (Å²) >= 11 is -0.294. The van der Waals surface area contributed by atoms with Crippen LogP contribution in [0.1, 0.15) is 10.4 Å². The second-order valence-corrected chi connectivity index (χ2v) is 5.70. The monoisotopic (exact) mass is 307 g/mol. The van der Waals surface area contributed by atoms with Gasteiger partial charge in [0.15, 0.2) is 0 Å². The number of nitrogens with zero attached hydrogens (tertiary/aromatic N) is 1. The van der Waals surface area contributed by atoms with E-state index in [1.54, 1.807) is 0 Å². The molecule has 0 bridgehead atoms. The molecule has 0 aromatic heterocycles. The Morgan fingerprint density at radius 2 is 1.61 bits per heavy atom. The van der Waals surface area contributed by atoms with E-state index in [1.807, 2.05) is 30.3 Å². The Morgan fingerprint density at radius 1 is 1.00 bits per heavy atom. The van der Waals surface area contributed by atoms with Gasteiger partial charge in [-0.05, 0) is 0 Å². The molecule has 0 aliphatic rings. The van der Waals surface area contributed by atoms with E-state index in [-0.39, 0.29) is 25.3 Å². The molecule has 0 amide bonds. The maximum atomic E-state index is 12.0. The molecule has 0 aliphatic carbocycles. The van der Waals surface area contributed by atoms with Crippen LogP contribution in [0.25, 0.3) is 0 Å². The van der Waals surface area contributed by atoms with Gasteiger partial charge in [-0.25, -0.2) is 0 Å². The van der Waals surface area contributed by atoms with Gasteiger partial charge in [0, 0.05) is 0 Å². The van der Waals surface area contributed by atoms with Gasteiger partial charge in [0.05, 0.1) is 0 Å². The minimum absolute atomic E-state index is 0.00115. The Hall–Kier alpha value is -1.97. The molecule has 0 spiro atoms. The van der Waals surface area contributed by atoms with Crippen LogP contribution in [-0.4, -0.2) is 24.6 Å². The molecule has 0 aliphatic heterocycles. The molecule has 0 atom stereocenters. The van der Waals surface area contributed by atoms with Crippen LogP contribution in [0.15, 0.2) is 54.6 Å². The van der Waals surface area contributed by atoms with Crippen LogP contribution >= 0.6 is 0 Å². The van der Waals surface area contributed by atoms with Gasteiger partial charge in [-0.3, -0.25) is 0 Å². The average Bonchev–Trinajstić information content (AvgIpc) is 2.40. The quantitative estimate of drug-likeness (QED) is 0.491. The van der Waals surface area contributed by atoms with Crippen molar-refractivity contribution in [2.24, 2.45) is 0 Å². The van der Waals surface area contributed by atoms with Gasteiger partial charge in [0.1, 0.15) is 0 Å². The van der Waals surface area contributed by atoms with Crippen molar-refractivity contribution in [3.05, 3.63) is 70.3 Å². The predicted molar refractivity (Wildman–Crippen MR) is 69.3 cm³/mol. The predicted octanol–water partition coefficient (Wildman–Crippen LogP) is 1.76. The third-order valence-corrected chi connectivity index (χ3v) is 4.22. The molecule has 5 heteroatoms. The number of hydrogen-bond donors (Lipinski definition) is 0. The van der Waals surface area contributed by atoms with Gasteiger partial charge < -0.3 is 0 Å². The van der Waals surface area contributed by atoms with E-state index < -0.39 is 4.92 Å². The SMILES string of the molecule is O=C([Se]c1ccccc1)c1ccc([N+](=O)[O-])cc1. The van der Waals surface area contributed by atoms with E-state index in [4.69, 9.17) is 0 Å². The zero-order valence-electron chi connectivity index (χ0n) is 9.28. The second kappa shape index (κ2) is 5.58. The van der Waals surface area contributed by atoms with Crippen LogP contribution in [0.2, 0.25) is 0 Å². The number of carbonyl (C=O) groups is 1. The zero-order chi connectivity index (χ0) is 13.0. The van der Waals surface area contributed by atoms with E-state index in [1.165, 1.54) is 24.3 Å². The third-order valence-electron chi connectivity index (χ3n) is 2.27. The summed E-state index contributed by atoms with van der Waals surface area (Å²) in [4.78, 5) is 22.0. The normalized spacial score (nSPS) is 10.0. The molecule has 2 aromatic carbocycles. The Balaban J connectivity index is 2.12. The van der Waals surface area contributed by atoms with Crippen molar-refractivity contribution in [2.75, 3.05) is 0 Å². The van der Waals surface area contributed by atoms with Crippen molar-refractivity contribution in [1.82, 2.24) is 0 Å². The Labute approximate surface area is 110 Å². The molecule has 2 rings (SSSR count). The number of nitro benzene ring substituents is 1. The first-order valence-electron chi connectivity index (χ1n) is 5.18. The van der Waals surface area contributed by atoms with Crippen molar-refractivity contribution in [3.63, 3.8) is 0 Å². The average molecular weight is 306 g/mol. The molecular formula is C13H9NO3Se. The number of non-ortho nitro benzene ring substituents is 1. The number of carbonyl (C=O) groups excluding carboxylic acids is 1. The molecule has 0 unspecified atom stereocenters. The van der Waals surface area contributed by atoms with Crippen molar-refractivity contribution in [3.8, 4) is 0 Å². The molecule has 4 nitrogen and oxygen atoms in total. The Bertz CT molecular complexity index is 567. The van der Waals surface area contributed by atoms with Gasteiger partial charge in [-0.1, -0.05) is 0 Å². The van der Waals surface area contributed by atoms with E-state index >= 15 is 0 Å². The molecule has 0 saturated heterocycles. The first-order valence-corrected chi connectivity index (χ1v) is 6.90. The number of hydrogen-bond acceptors (Lipinski definition) is 3. The van der Waals surface area contributed by atoms with Crippen LogP contribution < -0.4 is 4.46 Å². The minimum atomic E-state index is -0.476. The van der Waals surface area contributed by atoms with Crippen LogP contribution in [0, 0.1) is 10.1 Å². The molecule has 18 heavy (non-hydrogen) atoms. The van der Waals surface area contributed by atoms with Crippen LogP contribution in [0.4, 0.5) is 5.69 Å². The molecule has 0 N–H and O–H groups in total. The fraction of sp³-hybridized carbons (Fsp3) is 0. The van der Waals surface area contributed by atoms with E-state index in [2.05, 4.69) is 0 Å². The molecule has 0 heterocycles. The molecule has 90 valence electrons. The molecule has 0 saturated carbocycles. The first-order chi connectivity index (χ1) is 8.66. The topological polar surface area (TPSA) is 60.2 Å². The van der Waals surface area contributed by atoms with Gasteiger partial charge in [-0.2, -0.15) is 0 Å². The van der Waals surface area contributed by atoms with Gasteiger partial charge in [-0.15, -0.1) is 0 Å². The van der Waals surface area contributed by atoms with E-state index in [0.717, 1.165) is 4.46 Å². The fourth-order valence-electron chi connectivity index (χ4n) is 1.37. The summed E-state index contributed by atoms with van der Waals surface area (Å²) in [5.41, 5.74) is 0.517. The van der Waals surface area contributed by atoms with Crippen LogP contribution in [0.5, 0.6) is 0 Å². The van der Waals surface area contributed by atoms with Crippen molar-refractivity contribution < 1.29 is 9.72 Å². The summed E-state index contributed by atoms with van der Waals surface area (Å²) in [5.74, 6) is 0. The Kier molecular flexibility index (Phi) is 3.87. The third kappa shape index (κ3) is 3.03. The van der Waals surface area contributed by atoms with Crippen molar-refractivity contribution >= 4 is 29.8 Å². The zero-order valence-corrected chi connectivity index (χ0v) is 11.0. The summed E-state index contributed by atoms with van der Waals surface area (Å²) in [6, 6.07) is 15.2. The summed E-state index contributed by atoms with van der Waals surface area (Å²) in [6.07, 6.45) is 0. The number of rotatable bonds is 4. The summed E-state index contributed by atoms with van der Waals surface area (Å²) < 4.78 is 1.01. The molecule has 2 aromatic rings. The second-order valence-electron chi connectivity index (χ2n) is 3.51. The fourth-order valence-corrected chi connectivity index (χ4v) is 2.97. The molecule has 0 fully saturated rings.